The van der Waals surface area contributed by atoms with Gasteiger partial charge in [0.15, 0.2) is 0 Å². The van der Waals surface area contributed by atoms with E-state index < -0.39 is 11.9 Å². The molecule has 0 bridgehead atoms. The average Bonchev–Trinajstić information content (AvgIpc) is 3.06. The van der Waals surface area contributed by atoms with Crippen molar-refractivity contribution >= 4 is 11.9 Å². The minimum absolute atomic E-state index is 0.161. The van der Waals surface area contributed by atoms with Gasteiger partial charge < -0.3 is 15.2 Å². The molecule has 1 heterocycles. The van der Waals surface area contributed by atoms with Crippen LogP contribution in [0.1, 0.15) is 24.0 Å². The number of carboxylic acids is 1. The zero-order valence-electron chi connectivity index (χ0n) is 14.4. The first-order valence-corrected chi connectivity index (χ1v) is 8.97. The number of benzene rings is 2. The summed E-state index contributed by atoms with van der Waals surface area (Å²) < 4.78 is 5.54. The summed E-state index contributed by atoms with van der Waals surface area (Å²) in [6, 6.07) is 14.3. The Morgan fingerprint density at radius 3 is 2.46 bits per heavy atom. The fourth-order valence-electron chi connectivity index (χ4n) is 3.61. The summed E-state index contributed by atoms with van der Waals surface area (Å²) in [5.74, 6) is -0.975. The van der Waals surface area contributed by atoms with Crippen LogP contribution in [-0.4, -0.2) is 23.6 Å². The summed E-state index contributed by atoms with van der Waals surface area (Å²) in [6.45, 7) is 1.17. The second-order valence-corrected chi connectivity index (χ2v) is 6.96. The van der Waals surface area contributed by atoms with Crippen LogP contribution in [0.25, 0.3) is 11.1 Å². The zero-order valence-corrected chi connectivity index (χ0v) is 14.4. The summed E-state index contributed by atoms with van der Waals surface area (Å²) in [7, 11) is 0. The van der Waals surface area contributed by atoms with Crippen LogP contribution in [0.5, 0.6) is 5.75 Å². The first-order chi connectivity index (χ1) is 12.6. The standard InChI is InChI=1S/C21H21NO4/c23-20(17-6-7-18(17)21(24)25)22-12-13-1-3-14(4-2-13)15-5-8-19-16(11-15)9-10-26-19/h1-5,8,11,17-18H,6-7,9-10,12H2,(H,22,23)(H,24,25)/t17-,18+/m1/s1. The highest BCUT2D eigenvalue weighted by Crippen LogP contribution is 2.34. The van der Waals surface area contributed by atoms with Gasteiger partial charge in [0, 0.05) is 13.0 Å². The van der Waals surface area contributed by atoms with Crippen molar-refractivity contribution in [1.29, 1.82) is 0 Å². The first kappa shape index (κ1) is 16.6. The molecule has 1 aliphatic carbocycles. The fourth-order valence-corrected chi connectivity index (χ4v) is 3.61. The second-order valence-electron chi connectivity index (χ2n) is 6.96. The highest BCUT2D eigenvalue weighted by atomic mass is 16.5. The van der Waals surface area contributed by atoms with Crippen molar-refractivity contribution in [2.75, 3.05) is 6.61 Å². The van der Waals surface area contributed by atoms with E-state index in [0.717, 1.165) is 35.5 Å². The lowest BCUT2D eigenvalue weighted by atomic mass is 9.73. The van der Waals surface area contributed by atoms with Crippen molar-refractivity contribution in [3.05, 3.63) is 53.6 Å². The molecule has 5 nitrogen and oxygen atoms in total. The molecule has 0 saturated heterocycles. The smallest absolute Gasteiger partial charge is 0.307 e. The van der Waals surface area contributed by atoms with Gasteiger partial charge in [-0.2, -0.15) is 0 Å². The normalized spacial score (nSPS) is 20.6. The third-order valence-corrected chi connectivity index (χ3v) is 5.37. The molecule has 0 aromatic heterocycles. The number of hydrogen-bond acceptors (Lipinski definition) is 3. The third kappa shape index (κ3) is 3.17. The highest BCUT2D eigenvalue weighted by Gasteiger charge is 2.41. The number of carbonyl (C=O) groups is 2. The van der Waals surface area contributed by atoms with Gasteiger partial charge in [0.05, 0.1) is 18.4 Å². The number of ether oxygens (including phenoxy) is 1. The number of aliphatic carboxylic acids is 1. The Morgan fingerprint density at radius 1 is 1.04 bits per heavy atom. The van der Waals surface area contributed by atoms with Crippen molar-refractivity contribution in [2.24, 2.45) is 11.8 Å². The highest BCUT2D eigenvalue weighted by molar-refractivity contribution is 5.86. The number of amides is 1. The molecule has 0 spiro atoms. The Morgan fingerprint density at radius 2 is 1.77 bits per heavy atom. The summed E-state index contributed by atoms with van der Waals surface area (Å²) in [4.78, 5) is 23.1. The molecule has 2 N–H and O–H groups in total. The van der Waals surface area contributed by atoms with Gasteiger partial charge in [0.2, 0.25) is 5.91 Å². The van der Waals surface area contributed by atoms with Crippen molar-refractivity contribution in [2.45, 2.75) is 25.8 Å². The molecule has 2 aromatic rings. The van der Waals surface area contributed by atoms with Crippen LogP contribution < -0.4 is 10.1 Å². The Hall–Kier alpha value is -2.82. The van der Waals surface area contributed by atoms with Crippen molar-refractivity contribution in [3.63, 3.8) is 0 Å². The number of fused-ring (bicyclic) bond motifs is 1. The average molecular weight is 351 g/mol. The topological polar surface area (TPSA) is 75.6 Å². The Labute approximate surface area is 152 Å². The molecular weight excluding hydrogens is 330 g/mol. The van der Waals surface area contributed by atoms with Gasteiger partial charge in [-0.25, -0.2) is 0 Å². The molecule has 0 radical (unpaired) electrons. The predicted molar refractivity (Wildman–Crippen MR) is 96.8 cm³/mol. The molecule has 5 heteroatoms. The maximum atomic E-state index is 12.1. The van der Waals surface area contributed by atoms with E-state index in [1.54, 1.807) is 0 Å². The minimum atomic E-state index is -0.875. The van der Waals surface area contributed by atoms with Gasteiger partial charge in [-0.3, -0.25) is 9.59 Å². The largest absolute Gasteiger partial charge is 0.493 e. The summed E-state index contributed by atoms with van der Waals surface area (Å²) >= 11 is 0. The fraction of sp³-hybridized carbons (Fsp3) is 0.333. The minimum Gasteiger partial charge on any atom is -0.493 e. The maximum Gasteiger partial charge on any atom is 0.307 e. The van der Waals surface area contributed by atoms with E-state index in [-0.39, 0.29) is 11.8 Å². The van der Waals surface area contributed by atoms with Crippen molar-refractivity contribution in [1.82, 2.24) is 5.32 Å². The van der Waals surface area contributed by atoms with Crippen LogP contribution in [-0.2, 0) is 22.6 Å². The SMILES string of the molecule is O=C(O)[C@H]1CC[C@H]1C(=O)NCc1ccc(-c2ccc3c(c2)CCO3)cc1. The van der Waals surface area contributed by atoms with Crippen LogP contribution in [0.2, 0.25) is 0 Å². The molecule has 134 valence electrons. The summed E-state index contributed by atoms with van der Waals surface area (Å²) in [6.07, 6.45) is 2.20. The van der Waals surface area contributed by atoms with Gasteiger partial charge >= 0.3 is 5.97 Å². The molecule has 1 aliphatic heterocycles. The van der Waals surface area contributed by atoms with Gasteiger partial charge in [-0.1, -0.05) is 30.3 Å². The van der Waals surface area contributed by atoms with Crippen LogP contribution >= 0.6 is 0 Å². The summed E-state index contributed by atoms with van der Waals surface area (Å²) in [5, 5.41) is 11.9. The molecule has 1 saturated carbocycles. The van der Waals surface area contributed by atoms with E-state index in [2.05, 4.69) is 17.4 Å². The zero-order chi connectivity index (χ0) is 18.1. The molecule has 2 aliphatic rings. The van der Waals surface area contributed by atoms with Crippen molar-refractivity contribution in [3.8, 4) is 16.9 Å². The van der Waals surface area contributed by atoms with Gasteiger partial charge in [0.1, 0.15) is 5.75 Å². The molecule has 1 fully saturated rings. The van der Waals surface area contributed by atoms with E-state index >= 15 is 0 Å². The van der Waals surface area contributed by atoms with E-state index in [1.165, 1.54) is 5.56 Å². The predicted octanol–water partition coefficient (Wildman–Crippen LogP) is 3.02. The first-order valence-electron chi connectivity index (χ1n) is 8.97. The van der Waals surface area contributed by atoms with Gasteiger partial charge in [-0.05, 0) is 47.2 Å². The molecule has 2 atom stereocenters. The molecule has 2 aromatic carbocycles. The van der Waals surface area contributed by atoms with Crippen LogP contribution in [0, 0.1) is 11.8 Å². The molecule has 1 amide bonds. The molecule has 26 heavy (non-hydrogen) atoms. The van der Waals surface area contributed by atoms with E-state index in [9.17, 15) is 9.59 Å². The molecule has 0 unspecified atom stereocenters. The van der Waals surface area contributed by atoms with E-state index in [0.29, 0.717) is 19.4 Å². The van der Waals surface area contributed by atoms with E-state index in [1.807, 2.05) is 30.3 Å². The number of carbonyl (C=O) groups excluding carboxylic acids is 1. The molecule has 4 rings (SSSR count). The lowest BCUT2D eigenvalue weighted by molar-refractivity contribution is -0.152. The number of rotatable bonds is 5. The number of hydrogen-bond donors (Lipinski definition) is 2. The monoisotopic (exact) mass is 351 g/mol. The number of carboxylic acid groups (broad SMARTS) is 1. The Kier molecular flexibility index (Phi) is 4.37. The number of nitrogens with one attached hydrogen (secondary N) is 1. The second kappa shape index (κ2) is 6.83. The quantitative estimate of drug-likeness (QED) is 0.868. The Balaban J connectivity index is 1.37. The lowest BCUT2D eigenvalue weighted by Gasteiger charge is -2.31. The van der Waals surface area contributed by atoms with Crippen LogP contribution in [0.4, 0.5) is 0 Å². The maximum absolute atomic E-state index is 12.1. The third-order valence-electron chi connectivity index (χ3n) is 5.37. The van der Waals surface area contributed by atoms with Crippen molar-refractivity contribution < 1.29 is 19.4 Å². The molecular formula is C21H21NO4. The Bertz CT molecular complexity index is 844. The van der Waals surface area contributed by atoms with E-state index in [4.69, 9.17) is 9.84 Å². The van der Waals surface area contributed by atoms with Gasteiger partial charge in [0.25, 0.3) is 0 Å². The van der Waals surface area contributed by atoms with Crippen LogP contribution in [0.15, 0.2) is 42.5 Å². The van der Waals surface area contributed by atoms with Crippen LogP contribution in [0.3, 0.4) is 0 Å². The summed E-state index contributed by atoms with van der Waals surface area (Å²) in [5.41, 5.74) is 4.52. The van der Waals surface area contributed by atoms with Gasteiger partial charge in [-0.15, -0.1) is 0 Å². The lowest BCUT2D eigenvalue weighted by Crippen LogP contribution is -2.43.